The number of nitrogens with one attached hydrogen (secondary N) is 3. The molecule has 0 saturated carbocycles. The van der Waals surface area contributed by atoms with Gasteiger partial charge < -0.3 is 31.0 Å². The van der Waals surface area contributed by atoms with Crippen molar-refractivity contribution in [2.45, 2.75) is 24.9 Å². The number of aromatic nitrogens is 5. The van der Waals surface area contributed by atoms with Crippen molar-refractivity contribution in [1.82, 2.24) is 24.5 Å². The Morgan fingerprint density at radius 3 is 2.90 bits per heavy atom. The van der Waals surface area contributed by atoms with E-state index in [0.717, 1.165) is 10.9 Å². The van der Waals surface area contributed by atoms with E-state index in [-0.39, 0.29) is 36.1 Å². The maximum atomic E-state index is 12.5. The van der Waals surface area contributed by atoms with Crippen LogP contribution in [0.5, 0.6) is 0 Å². The van der Waals surface area contributed by atoms with Crippen LogP contribution in [0.1, 0.15) is 12.6 Å². The van der Waals surface area contributed by atoms with E-state index < -0.39 is 24.0 Å². The van der Waals surface area contributed by atoms with Crippen molar-refractivity contribution in [1.29, 1.82) is 0 Å². The number of aliphatic hydroxyl groups is 2. The Morgan fingerprint density at radius 2 is 2.13 bits per heavy atom. The van der Waals surface area contributed by atoms with Crippen LogP contribution in [0.25, 0.3) is 22.1 Å². The molecule has 5 N–H and O–H groups in total. The van der Waals surface area contributed by atoms with E-state index in [1.807, 2.05) is 24.3 Å². The first kappa shape index (κ1) is 19.4. The minimum absolute atomic E-state index is 0.00889. The fourth-order valence-corrected chi connectivity index (χ4v) is 3.76. The first-order valence-electron chi connectivity index (χ1n) is 9.54. The molecule has 1 fully saturated rings. The van der Waals surface area contributed by atoms with E-state index >= 15 is 0 Å². The van der Waals surface area contributed by atoms with Crippen LogP contribution < -0.4 is 16.4 Å². The summed E-state index contributed by atoms with van der Waals surface area (Å²) in [5.74, 6) is -0.0555. The SMILES string of the molecule is O=c1[nH]c(N[O-])nc2c1nc(Nc1ccnc3ccccc13)n2[C@H]1C[C@H](O)[C@@H](CO)O1. The molecule has 1 saturated heterocycles. The van der Waals surface area contributed by atoms with Crippen LogP contribution in [-0.2, 0) is 4.74 Å². The average Bonchev–Trinajstić information content (AvgIpc) is 3.33. The summed E-state index contributed by atoms with van der Waals surface area (Å²) in [6.07, 6.45) is -0.712. The highest BCUT2D eigenvalue weighted by Gasteiger charge is 2.37. The number of fused-ring (bicyclic) bond motifs is 2. The van der Waals surface area contributed by atoms with Gasteiger partial charge in [-0.2, -0.15) is 4.98 Å². The van der Waals surface area contributed by atoms with E-state index in [0.29, 0.717) is 5.69 Å². The number of pyridine rings is 1. The van der Waals surface area contributed by atoms with Gasteiger partial charge in [-0.15, -0.1) is 0 Å². The molecule has 4 aromatic rings. The maximum Gasteiger partial charge on any atom is 0.280 e. The number of aromatic amines is 1. The second kappa shape index (κ2) is 7.59. The zero-order chi connectivity index (χ0) is 21.5. The number of nitrogens with zero attached hydrogens (tertiary/aromatic N) is 4. The first-order chi connectivity index (χ1) is 15.1. The molecule has 12 nitrogen and oxygen atoms in total. The van der Waals surface area contributed by atoms with Crippen molar-refractivity contribution >= 4 is 39.7 Å². The van der Waals surface area contributed by atoms with Gasteiger partial charge in [0.1, 0.15) is 12.3 Å². The van der Waals surface area contributed by atoms with Crippen molar-refractivity contribution in [2.24, 2.45) is 0 Å². The molecular weight excluding hydrogens is 406 g/mol. The van der Waals surface area contributed by atoms with Crippen molar-refractivity contribution in [3.8, 4) is 0 Å². The minimum Gasteiger partial charge on any atom is -0.759 e. The lowest BCUT2D eigenvalue weighted by molar-refractivity contribution is -0.0425. The summed E-state index contributed by atoms with van der Waals surface area (Å²) in [5, 5.41) is 34.8. The number of rotatable bonds is 5. The van der Waals surface area contributed by atoms with Gasteiger partial charge in [-0.25, -0.2) is 4.98 Å². The summed E-state index contributed by atoms with van der Waals surface area (Å²) in [6.45, 7) is -0.372. The molecule has 31 heavy (non-hydrogen) atoms. The number of H-pyrrole nitrogens is 1. The van der Waals surface area contributed by atoms with Crippen LogP contribution in [0.2, 0.25) is 0 Å². The Labute approximate surface area is 174 Å². The van der Waals surface area contributed by atoms with Crippen molar-refractivity contribution in [3.63, 3.8) is 0 Å². The molecule has 0 radical (unpaired) electrons. The predicted octanol–water partition coefficient (Wildman–Crippen LogP) is 0.962. The molecule has 3 atom stereocenters. The van der Waals surface area contributed by atoms with Crippen LogP contribution in [0.3, 0.4) is 0 Å². The number of anilines is 3. The molecule has 5 rings (SSSR count). The summed E-state index contributed by atoms with van der Waals surface area (Å²) in [5.41, 5.74) is 2.49. The van der Waals surface area contributed by atoms with Crippen molar-refractivity contribution in [3.05, 3.63) is 52.1 Å². The molecule has 0 unspecified atom stereocenters. The molecule has 1 aromatic carbocycles. The Kier molecular flexibility index (Phi) is 4.75. The smallest absolute Gasteiger partial charge is 0.280 e. The van der Waals surface area contributed by atoms with E-state index in [1.165, 1.54) is 4.57 Å². The number of imidazole rings is 1. The molecule has 0 bridgehead atoms. The Morgan fingerprint density at radius 1 is 1.29 bits per heavy atom. The van der Waals surface area contributed by atoms with Gasteiger partial charge in [0.05, 0.1) is 23.9 Å². The number of aliphatic hydroxyl groups excluding tert-OH is 2. The van der Waals surface area contributed by atoms with Gasteiger partial charge >= 0.3 is 0 Å². The zero-order valence-corrected chi connectivity index (χ0v) is 16.0. The summed E-state index contributed by atoms with van der Waals surface area (Å²) >= 11 is 0. The average molecular weight is 424 g/mol. The fourth-order valence-electron chi connectivity index (χ4n) is 3.76. The van der Waals surface area contributed by atoms with Gasteiger partial charge in [-0.3, -0.25) is 19.3 Å². The van der Waals surface area contributed by atoms with Gasteiger partial charge in [0.25, 0.3) is 5.56 Å². The molecular formula is C19H18N7O5-. The summed E-state index contributed by atoms with van der Waals surface area (Å²) in [6, 6.07) is 9.26. The molecule has 0 spiro atoms. The van der Waals surface area contributed by atoms with E-state index in [4.69, 9.17) is 4.74 Å². The quantitative estimate of drug-likeness (QED) is 0.290. The molecule has 160 valence electrons. The third-order valence-corrected chi connectivity index (χ3v) is 5.21. The van der Waals surface area contributed by atoms with Crippen LogP contribution >= 0.6 is 0 Å². The Hall–Kier alpha value is -3.58. The standard InChI is InChI=1S/C19H18N7O5/c27-8-13-12(28)7-14(31-13)26-16-15(17(29)24-18(23-16)25-30)22-19(26)21-11-5-6-20-10-4-2-1-3-9(10)11/h1-6,12-14,27-28H,7-8H2,(H3-,20,21,22,23,24,25,29,30)/q-1/t12-,13+,14+/m0/s1. The third kappa shape index (κ3) is 3.27. The molecule has 12 heteroatoms. The topological polar surface area (TPSA) is 173 Å². The van der Waals surface area contributed by atoms with Crippen LogP contribution in [-0.4, -0.2) is 53.5 Å². The number of ether oxygens (including phenoxy) is 1. The summed E-state index contributed by atoms with van der Waals surface area (Å²) < 4.78 is 7.27. The van der Waals surface area contributed by atoms with Gasteiger partial charge in [0, 0.05) is 18.0 Å². The van der Waals surface area contributed by atoms with E-state index in [2.05, 4.69) is 25.3 Å². The lowest BCUT2D eigenvalue weighted by atomic mass is 10.2. The summed E-state index contributed by atoms with van der Waals surface area (Å²) in [4.78, 5) is 27.6. The maximum absolute atomic E-state index is 12.5. The van der Waals surface area contributed by atoms with Crippen LogP contribution in [0.4, 0.5) is 17.6 Å². The minimum atomic E-state index is -0.916. The normalized spacial score (nSPS) is 21.1. The number of hydrogen-bond acceptors (Lipinski definition) is 10. The van der Waals surface area contributed by atoms with Gasteiger partial charge in [0.15, 0.2) is 17.1 Å². The monoisotopic (exact) mass is 424 g/mol. The van der Waals surface area contributed by atoms with Gasteiger partial charge in [-0.1, -0.05) is 18.2 Å². The lowest BCUT2D eigenvalue weighted by Gasteiger charge is -2.18. The third-order valence-electron chi connectivity index (χ3n) is 5.21. The number of hydrogen-bond donors (Lipinski definition) is 5. The van der Waals surface area contributed by atoms with Gasteiger partial charge in [0.2, 0.25) is 5.95 Å². The fraction of sp³-hybridized carbons (Fsp3) is 0.263. The van der Waals surface area contributed by atoms with Crippen molar-refractivity contribution in [2.75, 3.05) is 17.4 Å². The highest BCUT2D eigenvalue weighted by atomic mass is 16.5. The Bertz CT molecular complexity index is 1310. The molecule has 0 aliphatic carbocycles. The number of para-hydroxylation sites is 1. The highest BCUT2D eigenvalue weighted by Crippen LogP contribution is 2.35. The molecule has 1 aliphatic rings. The largest absolute Gasteiger partial charge is 0.759 e. The number of benzene rings is 1. The lowest BCUT2D eigenvalue weighted by Crippen LogP contribution is -2.24. The Balaban J connectivity index is 1.68. The summed E-state index contributed by atoms with van der Waals surface area (Å²) in [7, 11) is 0. The van der Waals surface area contributed by atoms with Crippen molar-refractivity contribution < 1.29 is 14.9 Å². The van der Waals surface area contributed by atoms with Crippen LogP contribution in [0.15, 0.2) is 41.3 Å². The second-order valence-corrected chi connectivity index (χ2v) is 7.11. The van der Waals surface area contributed by atoms with Gasteiger partial charge in [-0.05, 0) is 12.1 Å². The first-order valence-corrected chi connectivity index (χ1v) is 9.54. The van der Waals surface area contributed by atoms with E-state index in [1.54, 1.807) is 17.7 Å². The molecule has 0 amide bonds. The van der Waals surface area contributed by atoms with Crippen LogP contribution in [0, 0.1) is 5.21 Å². The zero-order valence-electron chi connectivity index (χ0n) is 16.0. The molecule has 3 aromatic heterocycles. The molecule has 4 heterocycles. The highest BCUT2D eigenvalue weighted by molar-refractivity contribution is 5.92. The molecule has 1 aliphatic heterocycles. The van der Waals surface area contributed by atoms with E-state index in [9.17, 15) is 20.2 Å². The predicted molar refractivity (Wildman–Crippen MR) is 112 cm³/mol. The second-order valence-electron chi connectivity index (χ2n) is 7.11.